The van der Waals surface area contributed by atoms with E-state index in [0.29, 0.717) is 11.0 Å². The highest BCUT2D eigenvalue weighted by molar-refractivity contribution is 5.74. The van der Waals surface area contributed by atoms with Gasteiger partial charge in [-0.15, -0.1) is 0 Å². The zero-order chi connectivity index (χ0) is 15.8. The molecular formula is C12H15N5O4. The molecule has 1 aromatic carbocycles. The molecule has 112 valence electrons. The number of benzene rings is 1. The van der Waals surface area contributed by atoms with E-state index < -0.39 is 22.6 Å². The molecule has 0 aliphatic carbocycles. The van der Waals surface area contributed by atoms with Gasteiger partial charge in [-0.3, -0.25) is 19.9 Å². The summed E-state index contributed by atoms with van der Waals surface area (Å²) >= 11 is 0. The highest BCUT2D eigenvalue weighted by Gasteiger charge is 2.25. The molecule has 4 N–H and O–H groups in total. The Morgan fingerprint density at radius 3 is 2.67 bits per heavy atom. The second-order valence-corrected chi connectivity index (χ2v) is 5.13. The zero-order valence-corrected chi connectivity index (χ0v) is 11.5. The lowest BCUT2D eigenvalue weighted by Crippen LogP contribution is -2.38. The number of fused-ring (bicyclic) bond motifs is 1. The van der Waals surface area contributed by atoms with Crippen molar-refractivity contribution in [1.29, 1.82) is 0 Å². The molecule has 1 heterocycles. The number of carbonyl (C=O) groups is 1. The normalized spacial score (nSPS) is 16.3. The van der Waals surface area contributed by atoms with Gasteiger partial charge in [0.15, 0.2) is 5.36 Å². The Morgan fingerprint density at radius 1 is 1.48 bits per heavy atom. The van der Waals surface area contributed by atoms with Crippen molar-refractivity contribution >= 4 is 17.3 Å². The molecule has 21 heavy (non-hydrogen) atoms. The van der Waals surface area contributed by atoms with Gasteiger partial charge >= 0.3 is 5.97 Å². The van der Waals surface area contributed by atoms with E-state index in [2.05, 4.69) is 15.3 Å². The monoisotopic (exact) mass is 293 g/mol. The van der Waals surface area contributed by atoms with Gasteiger partial charge < -0.3 is 16.2 Å². The summed E-state index contributed by atoms with van der Waals surface area (Å²) in [6.07, 6.45) is 0. The molecule has 0 saturated heterocycles. The predicted octanol–water partition coefficient (Wildman–Crippen LogP) is -0.592. The SMILES string of the molecule is CC1(C)N=c2c(NCC(N)C(=O)O)ccc([N+](=O)[O-])c2=N1. The quantitative estimate of drug-likeness (QED) is 0.489. The number of nitro groups is 1. The first-order chi connectivity index (χ1) is 9.71. The van der Waals surface area contributed by atoms with Gasteiger partial charge in [0.1, 0.15) is 17.1 Å². The van der Waals surface area contributed by atoms with Crippen LogP contribution in [-0.2, 0) is 4.79 Å². The highest BCUT2D eigenvalue weighted by atomic mass is 16.6. The Kier molecular flexibility index (Phi) is 3.60. The Labute approximate surface area is 119 Å². The number of nitro benzene ring substituents is 1. The van der Waals surface area contributed by atoms with Crippen molar-refractivity contribution in [3.63, 3.8) is 0 Å². The van der Waals surface area contributed by atoms with Gasteiger partial charge in [0, 0.05) is 12.6 Å². The fourth-order valence-electron chi connectivity index (χ4n) is 1.96. The van der Waals surface area contributed by atoms with Crippen LogP contribution in [-0.4, -0.2) is 34.2 Å². The molecule has 0 spiro atoms. The summed E-state index contributed by atoms with van der Waals surface area (Å²) in [6.45, 7) is 3.43. The van der Waals surface area contributed by atoms with Gasteiger partial charge in [0.2, 0.25) is 0 Å². The van der Waals surface area contributed by atoms with Gasteiger partial charge in [0.05, 0.1) is 10.6 Å². The summed E-state index contributed by atoms with van der Waals surface area (Å²) < 4.78 is 0. The lowest BCUT2D eigenvalue weighted by atomic mass is 10.2. The van der Waals surface area contributed by atoms with E-state index in [-0.39, 0.29) is 17.6 Å². The maximum Gasteiger partial charge on any atom is 0.322 e. The standard InChI is InChI=1S/C12H15N5O4/c1-12(2)15-9-7(14-5-6(13)11(18)19)3-4-8(17(20)21)10(9)16-12/h3-4,6,14H,5,13H2,1-2H3,(H,18,19). The number of nitrogens with zero attached hydrogens (tertiary/aromatic N) is 3. The van der Waals surface area contributed by atoms with Gasteiger partial charge in [-0.1, -0.05) is 0 Å². The Balaban J connectivity index is 2.45. The fraction of sp³-hybridized carbons (Fsp3) is 0.417. The van der Waals surface area contributed by atoms with Crippen LogP contribution in [0.25, 0.3) is 0 Å². The molecule has 0 saturated carbocycles. The Bertz CT molecular complexity index is 728. The molecule has 1 aliphatic heterocycles. The number of hydrogen-bond acceptors (Lipinski definition) is 7. The van der Waals surface area contributed by atoms with Crippen LogP contribution in [0.15, 0.2) is 22.1 Å². The molecule has 9 nitrogen and oxygen atoms in total. The molecule has 9 heteroatoms. The summed E-state index contributed by atoms with van der Waals surface area (Å²) in [6, 6.07) is 1.71. The maximum atomic E-state index is 11.0. The number of non-ortho nitro benzene ring substituents is 1. The number of carboxylic acid groups (broad SMARTS) is 1. The first-order valence-electron chi connectivity index (χ1n) is 6.21. The summed E-state index contributed by atoms with van der Waals surface area (Å²) in [7, 11) is 0. The van der Waals surface area contributed by atoms with Crippen LogP contribution in [0.4, 0.5) is 11.4 Å². The number of nitrogens with two attached hydrogens (primary N) is 1. The van der Waals surface area contributed by atoms with Crippen molar-refractivity contribution in [3.05, 3.63) is 33.0 Å². The van der Waals surface area contributed by atoms with Gasteiger partial charge in [-0.25, -0.2) is 4.99 Å². The van der Waals surface area contributed by atoms with Gasteiger partial charge in [-0.05, 0) is 19.9 Å². The van der Waals surface area contributed by atoms with Crippen LogP contribution in [0.2, 0.25) is 0 Å². The zero-order valence-electron chi connectivity index (χ0n) is 11.5. The van der Waals surface area contributed by atoms with Crippen LogP contribution in [0.3, 0.4) is 0 Å². The summed E-state index contributed by atoms with van der Waals surface area (Å²) in [5, 5.41) is 23.2. The molecule has 1 atom stereocenters. The van der Waals surface area contributed by atoms with Gasteiger partial charge in [0.25, 0.3) is 5.69 Å². The molecule has 0 amide bonds. The summed E-state index contributed by atoms with van der Waals surface area (Å²) in [5.41, 5.74) is 4.97. The average molecular weight is 293 g/mol. The second kappa shape index (κ2) is 5.09. The third-order valence-corrected chi connectivity index (χ3v) is 2.93. The minimum atomic E-state index is -1.14. The first-order valence-corrected chi connectivity index (χ1v) is 6.21. The predicted molar refractivity (Wildman–Crippen MR) is 73.6 cm³/mol. The van der Waals surface area contributed by atoms with E-state index in [1.165, 1.54) is 12.1 Å². The van der Waals surface area contributed by atoms with Crippen molar-refractivity contribution in [2.24, 2.45) is 15.7 Å². The maximum absolute atomic E-state index is 11.0. The second-order valence-electron chi connectivity index (χ2n) is 5.13. The Morgan fingerprint density at radius 2 is 2.10 bits per heavy atom. The molecule has 0 fully saturated rings. The number of aliphatic carboxylic acids is 1. The van der Waals surface area contributed by atoms with Crippen LogP contribution in [0.5, 0.6) is 0 Å². The molecular weight excluding hydrogens is 278 g/mol. The van der Waals surface area contributed by atoms with E-state index in [1.807, 2.05) is 0 Å². The third kappa shape index (κ3) is 2.97. The lowest BCUT2D eigenvalue weighted by molar-refractivity contribution is -0.386. The third-order valence-electron chi connectivity index (χ3n) is 2.93. The van der Waals surface area contributed by atoms with Crippen molar-refractivity contribution in [1.82, 2.24) is 0 Å². The lowest BCUT2D eigenvalue weighted by Gasteiger charge is -2.10. The van der Waals surface area contributed by atoms with Crippen molar-refractivity contribution < 1.29 is 14.8 Å². The minimum Gasteiger partial charge on any atom is -0.480 e. The number of anilines is 1. The van der Waals surface area contributed by atoms with Gasteiger partial charge in [-0.2, -0.15) is 0 Å². The van der Waals surface area contributed by atoms with Crippen molar-refractivity contribution in [3.8, 4) is 0 Å². The van der Waals surface area contributed by atoms with Crippen LogP contribution in [0, 0.1) is 10.1 Å². The summed E-state index contributed by atoms with van der Waals surface area (Å²) in [5.74, 6) is -1.14. The van der Waals surface area contributed by atoms with Crippen LogP contribution >= 0.6 is 0 Å². The molecule has 1 unspecified atom stereocenters. The Hall–Kier alpha value is -2.55. The first kappa shape index (κ1) is 14.9. The smallest absolute Gasteiger partial charge is 0.322 e. The van der Waals surface area contributed by atoms with Crippen molar-refractivity contribution in [2.75, 3.05) is 11.9 Å². The van der Waals surface area contributed by atoms with E-state index >= 15 is 0 Å². The minimum absolute atomic E-state index is 0.0183. The molecule has 0 radical (unpaired) electrons. The number of hydrogen-bond donors (Lipinski definition) is 3. The number of nitrogens with one attached hydrogen (secondary N) is 1. The largest absolute Gasteiger partial charge is 0.480 e. The highest BCUT2D eigenvalue weighted by Crippen LogP contribution is 2.16. The van der Waals surface area contributed by atoms with E-state index in [4.69, 9.17) is 10.8 Å². The number of carboxylic acids is 1. The molecule has 0 bridgehead atoms. The summed E-state index contributed by atoms with van der Waals surface area (Å²) in [4.78, 5) is 29.8. The fourth-order valence-corrected chi connectivity index (χ4v) is 1.96. The topological polar surface area (TPSA) is 143 Å². The van der Waals surface area contributed by atoms with E-state index in [9.17, 15) is 14.9 Å². The molecule has 2 rings (SSSR count). The van der Waals surface area contributed by atoms with E-state index in [0.717, 1.165) is 0 Å². The number of rotatable bonds is 5. The molecule has 0 aromatic heterocycles. The molecule has 1 aromatic rings. The average Bonchev–Trinajstić information content (AvgIpc) is 2.69. The van der Waals surface area contributed by atoms with Crippen molar-refractivity contribution in [2.45, 2.75) is 25.6 Å². The van der Waals surface area contributed by atoms with E-state index in [1.54, 1.807) is 13.8 Å². The van der Waals surface area contributed by atoms with Crippen LogP contribution in [0.1, 0.15) is 13.8 Å². The van der Waals surface area contributed by atoms with Crippen LogP contribution < -0.4 is 21.8 Å². The molecule has 1 aliphatic rings.